The summed E-state index contributed by atoms with van der Waals surface area (Å²) in [6.07, 6.45) is 2.62. The Balaban J connectivity index is 1.60. The minimum atomic E-state index is -1.37. The van der Waals surface area contributed by atoms with Gasteiger partial charge in [-0.25, -0.2) is 14.9 Å². The van der Waals surface area contributed by atoms with Crippen LogP contribution < -0.4 is 19.9 Å². The molecule has 156 valence electrons. The molecule has 12 nitrogen and oxygen atoms in total. The van der Waals surface area contributed by atoms with Gasteiger partial charge in [-0.2, -0.15) is 10.0 Å². The molecule has 0 aliphatic carbocycles. The van der Waals surface area contributed by atoms with Crippen LogP contribution >= 0.6 is 0 Å². The van der Waals surface area contributed by atoms with Crippen molar-refractivity contribution in [2.45, 2.75) is 6.04 Å². The number of nitrogens with one attached hydrogen (secondary N) is 1. The van der Waals surface area contributed by atoms with Crippen LogP contribution in [0.25, 0.3) is 0 Å². The normalized spacial score (nSPS) is 18.0. The predicted octanol–water partition coefficient (Wildman–Crippen LogP) is -3.03. The summed E-state index contributed by atoms with van der Waals surface area (Å²) < 4.78 is 9.16. The van der Waals surface area contributed by atoms with E-state index in [2.05, 4.69) is 15.2 Å². The number of likely N-dealkylation sites (N-methyl/N-ethyl adjacent to an activating group) is 2. The van der Waals surface area contributed by atoms with Gasteiger partial charge in [0.1, 0.15) is 18.9 Å². The van der Waals surface area contributed by atoms with Crippen LogP contribution in [-0.4, -0.2) is 90.2 Å². The van der Waals surface area contributed by atoms with E-state index in [1.165, 1.54) is 36.4 Å². The number of nitrogens with zero attached hydrogens (tertiary/aromatic N) is 5. The average Bonchev–Trinajstić information content (AvgIpc) is 3.13. The Morgan fingerprint density at radius 1 is 1.27 bits per heavy atom. The summed E-state index contributed by atoms with van der Waals surface area (Å²) in [5.41, 5.74) is 2.77. The number of carboxylic acids is 1. The lowest BCUT2D eigenvalue weighted by molar-refractivity contribution is -0.307. The number of amides is 4. The molecular weight excluding hydrogens is 396 g/mol. The van der Waals surface area contributed by atoms with Gasteiger partial charge in [-0.15, -0.1) is 0 Å². The van der Waals surface area contributed by atoms with Crippen molar-refractivity contribution in [3.8, 4) is 5.75 Å². The standard InChI is InChI=1S/C18H18N6O6/c1-22-16-15(17(28)23(2)18(22)29)24(10-19-16)8-13(25)21-20-7-11-5-3-4-6-12(11)30-9-14(26)27/h3-7,10,15H,8-9H2,1-2H3,(H-,21,25,26,27)/b20-7+. The number of carbonyl (C=O) groups is 4. The largest absolute Gasteiger partial charge is 0.546 e. The number of ether oxygens (including phenoxy) is 1. The van der Waals surface area contributed by atoms with Crippen molar-refractivity contribution in [1.82, 2.24) is 24.8 Å². The number of carbonyl (C=O) groups excluding carboxylic acids is 4. The first-order valence-corrected chi connectivity index (χ1v) is 8.75. The van der Waals surface area contributed by atoms with E-state index in [1.807, 2.05) is 0 Å². The van der Waals surface area contributed by atoms with Crippen LogP contribution in [0.15, 0.2) is 29.4 Å². The molecule has 0 aromatic heterocycles. The fraction of sp³-hybridized carbons (Fsp3) is 0.278. The van der Waals surface area contributed by atoms with Gasteiger partial charge in [0.15, 0.2) is 0 Å². The quantitative estimate of drug-likeness (QED) is 0.283. The Bertz CT molecular complexity index is 999. The van der Waals surface area contributed by atoms with Crippen molar-refractivity contribution in [2.24, 2.45) is 5.10 Å². The summed E-state index contributed by atoms with van der Waals surface area (Å²) >= 11 is 0. The molecule has 2 heterocycles. The first kappa shape index (κ1) is 20.6. The SMILES string of the molecule is CN1C(=O)C2C(=[N+]=CN2CC(=O)N/N=C/c2ccccc2OCC(=O)[O-])N(C)C1=O. The summed E-state index contributed by atoms with van der Waals surface area (Å²) in [6.45, 7) is -0.843. The number of hydrogen-bond acceptors (Lipinski definition) is 8. The van der Waals surface area contributed by atoms with Gasteiger partial charge in [-0.3, -0.25) is 19.4 Å². The Labute approximate surface area is 170 Å². The number of rotatable bonds is 7. The smallest absolute Gasteiger partial charge is 0.389 e. The number of hydrazone groups is 1. The van der Waals surface area contributed by atoms with Crippen LogP contribution in [0.1, 0.15) is 5.56 Å². The number of urea groups is 1. The van der Waals surface area contributed by atoms with Crippen LogP contribution in [0.3, 0.4) is 0 Å². The van der Waals surface area contributed by atoms with Gasteiger partial charge in [-0.05, 0) is 12.1 Å². The van der Waals surface area contributed by atoms with Crippen LogP contribution in [0.5, 0.6) is 5.75 Å². The van der Waals surface area contributed by atoms with Crippen LogP contribution in [-0.2, 0) is 14.4 Å². The van der Waals surface area contributed by atoms with Crippen molar-refractivity contribution in [2.75, 3.05) is 27.2 Å². The zero-order valence-corrected chi connectivity index (χ0v) is 16.1. The van der Waals surface area contributed by atoms with E-state index in [4.69, 9.17) is 4.74 Å². The summed E-state index contributed by atoms with van der Waals surface area (Å²) in [5.74, 6) is -1.87. The monoisotopic (exact) mass is 414 g/mol. The molecule has 1 atom stereocenters. The van der Waals surface area contributed by atoms with Crippen LogP contribution in [0.4, 0.5) is 4.79 Å². The zero-order valence-electron chi connectivity index (χ0n) is 16.1. The molecular formula is C18H18N6O6. The van der Waals surface area contributed by atoms with Gasteiger partial charge in [0, 0.05) is 12.6 Å². The molecule has 1 saturated heterocycles. The molecule has 0 saturated carbocycles. The topological polar surface area (TPSA) is 149 Å². The average molecular weight is 414 g/mol. The van der Waals surface area contributed by atoms with Crippen LogP contribution in [0, 0.1) is 0 Å². The predicted molar refractivity (Wildman–Crippen MR) is 102 cm³/mol. The van der Waals surface area contributed by atoms with Crippen molar-refractivity contribution in [3.05, 3.63) is 29.8 Å². The van der Waals surface area contributed by atoms with E-state index in [9.17, 15) is 24.3 Å². The van der Waals surface area contributed by atoms with E-state index in [0.717, 1.165) is 4.90 Å². The number of para-hydroxylation sites is 1. The van der Waals surface area contributed by atoms with Gasteiger partial charge in [0.05, 0.1) is 19.2 Å². The fourth-order valence-electron chi connectivity index (χ4n) is 2.90. The molecule has 1 aromatic rings. The van der Waals surface area contributed by atoms with E-state index in [0.29, 0.717) is 5.56 Å². The Morgan fingerprint density at radius 2 is 2.00 bits per heavy atom. The highest BCUT2D eigenvalue weighted by atomic mass is 16.5. The van der Waals surface area contributed by atoms with Gasteiger partial charge < -0.3 is 14.6 Å². The first-order chi connectivity index (χ1) is 14.3. The number of amidine groups is 1. The van der Waals surface area contributed by atoms with Crippen LogP contribution in [0.2, 0.25) is 0 Å². The van der Waals surface area contributed by atoms with E-state index in [-0.39, 0.29) is 18.1 Å². The molecule has 2 aliphatic heterocycles. The van der Waals surface area contributed by atoms with Crippen molar-refractivity contribution in [1.29, 1.82) is 0 Å². The molecule has 1 N–H and O–H groups in total. The summed E-state index contributed by atoms with van der Waals surface area (Å²) in [7, 11) is 2.86. The third-order valence-electron chi connectivity index (χ3n) is 4.38. The highest BCUT2D eigenvalue weighted by molar-refractivity contribution is 6.22. The molecule has 0 bridgehead atoms. The molecule has 12 heteroatoms. The highest BCUT2D eigenvalue weighted by Gasteiger charge is 2.53. The molecule has 3 rings (SSSR count). The van der Waals surface area contributed by atoms with E-state index >= 15 is 0 Å². The number of fused-ring (bicyclic) bond motifs is 1. The second kappa shape index (κ2) is 8.45. The summed E-state index contributed by atoms with van der Waals surface area (Å²) in [4.78, 5) is 50.8. The lowest BCUT2D eigenvalue weighted by Crippen LogP contribution is -2.63. The Kier molecular flexibility index (Phi) is 5.79. The highest BCUT2D eigenvalue weighted by Crippen LogP contribution is 2.16. The Hall–Kier alpha value is -4.18. The maximum absolute atomic E-state index is 12.4. The molecule has 1 unspecified atom stereocenters. The lowest BCUT2D eigenvalue weighted by Gasteiger charge is -2.29. The third kappa shape index (κ3) is 4.13. The first-order valence-electron chi connectivity index (χ1n) is 8.75. The van der Waals surface area contributed by atoms with Gasteiger partial charge >= 0.3 is 11.9 Å². The second-order valence-corrected chi connectivity index (χ2v) is 6.41. The number of aliphatic carboxylic acids is 1. The van der Waals surface area contributed by atoms with Gasteiger partial charge in [0.2, 0.25) is 0 Å². The van der Waals surface area contributed by atoms with Crippen molar-refractivity contribution >= 4 is 42.2 Å². The van der Waals surface area contributed by atoms with E-state index in [1.54, 1.807) is 24.3 Å². The van der Waals surface area contributed by atoms with E-state index < -0.39 is 36.5 Å². The molecule has 1 aromatic carbocycles. The number of imide groups is 1. The minimum absolute atomic E-state index is 0.223. The molecule has 2 aliphatic rings. The third-order valence-corrected chi connectivity index (χ3v) is 4.38. The van der Waals surface area contributed by atoms with Crippen molar-refractivity contribution < 1.29 is 29.0 Å². The molecule has 4 amide bonds. The maximum Gasteiger partial charge on any atom is 0.389 e. The minimum Gasteiger partial charge on any atom is -0.546 e. The van der Waals surface area contributed by atoms with Gasteiger partial charge in [-0.1, -0.05) is 12.1 Å². The molecule has 0 spiro atoms. The molecule has 0 radical (unpaired) electrons. The lowest BCUT2D eigenvalue weighted by atomic mass is 10.1. The molecule has 1 fully saturated rings. The molecule has 30 heavy (non-hydrogen) atoms. The van der Waals surface area contributed by atoms with Crippen molar-refractivity contribution in [3.63, 3.8) is 0 Å². The summed E-state index contributed by atoms with van der Waals surface area (Å²) in [5, 5.41) is 14.4. The number of hydrogen-bond donors (Lipinski definition) is 1. The zero-order chi connectivity index (χ0) is 21.8. The maximum atomic E-state index is 12.4. The second-order valence-electron chi connectivity index (χ2n) is 6.41. The number of carboxylic acid groups (broad SMARTS) is 1. The fourth-order valence-corrected chi connectivity index (χ4v) is 2.90. The Morgan fingerprint density at radius 3 is 2.73 bits per heavy atom. The number of benzene rings is 1. The van der Waals surface area contributed by atoms with Gasteiger partial charge in [0.25, 0.3) is 24.2 Å². The summed E-state index contributed by atoms with van der Waals surface area (Å²) in [6, 6.07) is 5.15.